The number of carbonyl (C=O) groups is 3. The molecule has 0 unspecified atom stereocenters. The van der Waals surface area contributed by atoms with Crippen LogP contribution in [0.2, 0.25) is 5.02 Å². The van der Waals surface area contributed by atoms with Crippen LogP contribution < -0.4 is 10.7 Å². The van der Waals surface area contributed by atoms with Crippen molar-refractivity contribution >= 4 is 29.4 Å². The third-order valence-corrected chi connectivity index (χ3v) is 5.21. The zero-order valence-corrected chi connectivity index (χ0v) is 15.1. The normalized spacial score (nSPS) is 18.6. The summed E-state index contributed by atoms with van der Waals surface area (Å²) >= 11 is 5.85. The van der Waals surface area contributed by atoms with Crippen LogP contribution in [0.4, 0.5) is 4.79 Å². The summed E-state index contributed by atoms with van der Waals surface area (Å²) in [6.07, 6.45) is 3.91. The molecule has 0 bridgehead atoms. The van der Waals surface area contributed by atoms with Crippen molar-refractivity contribution in [2.75, 3.05) is 0 Å². The van der Waals surface area contributed by atoms with Crippen LogP contribution in [0.5, 0.6) is 0 Å². The summed E-state index contributed by atoms with van der Waals surface area (Å²) in [6, 6.07) is 7.65. The molecule has 2 fully saturated rings. The van der Waals surface area contributed by atoms with Gasteiger partial charge in [0, 0.05) is 16.7 Å². The highest BCUT2D eigenvalue weighted by atomic mass is 35.5. The Hall–Kier alpha value is -2.87. The number of hydrogen-bond acceptors (Lipinski definition) is 5. The van der Waals surface area contributed by atoms with Gasteiger partial charge in [0.2, 0.25) is 0 Å². The molecule has 1 spiro atoms. The first kappa shape index (κ1) is 17.5. The van der Waals surface area contributed by atoms with Gasteiger partial charge in [-0.15, -0.1) is 0 Å². The molecule has 4 rings (SSSR count). The van der Waals surface area contributed by atoms with Crippen LogP contribution in [0.15, 0.2) is 34.9 Å². The Morgan fingerprint density at radius 1 is 1.19 bits per heavy atom. The van der Waals surface area contributed by atoms with Crippen LogP contribution in [-0.4, -0.2) is 33.5 Å². The average molecular weight is 389 g/mol. The minimum absolute atomic E-state index is 0.0369. The van der Waals surface area contributed by atoms with E-state index in [2.05, 4.69) is 15.9 Å². The van der Waals surface area contributed by atoms with Gasteiger partial charge >= 0.3 is 6.03 Å². The molecule has 2 heterocycles. The van der Waals surface area contributed by atoms with E-state index in [9.17, 15) is 14.4 Å². The van der Waals surface area contributed by atoms with Gasteiger partial charge in [-0.1, -0.05) is 36.0 Å². The summed E-state index contributed by atoms with van der Waals surface area (Å²) in [7, 11) is 0. The van der Waals surface area contributed by atoms with Crippen LogP contribution in [0.3, 0.4) is 0 Å². The molecule has 2 aliphatic rings. The van der Waals surface area contributed by atoms with E-state index in [1.165, 1.54) is 6.07 Å². The Morgan fingerprint density at radius 3 is 2.59 bits per heavy atom. The van der Waals surface area contributed by atoms with Gasteiger partial charge < -0.3 is 9.84 Å². The number of hydrogen-bond donors (Lipinski definition) is 2. The number of imide groups is 1. The smallest absolute Gasteiger partial charge is 0.344 e. The second-order valence-electron chi connectivity index (χ2n) is 6.74. The van der Waals surface area contributed by atoms with Crippen LogP contribution >= 0.6 is 11.6 Å². The van der Waals surface area contributed by atoms with Gasteiger partial charge in [-0.2, -0.15) is 5.01 Å². The number of rotatable bonds is 3. The number of carbonyl (C=O) groups excluding carboxylic acids is 3. The molecular weight excluding hydrogens is 372 g/mol. The van der Waals surface area contributed by atoms with Crippen molar-refractivity contribution in [2.45, 2.75) is 37.6 Å². The molecule has 2 N–H and O–H groups in total. The Bertz CT molecular complexity index is 902. The minimum Gasteiger partial charge on any atom is -0.355 e. The minimum atomic E-state index is -0.902. The van der Waals surface area contributed by atoms with E-state index in [-0.39, 0.29) is 5.69 Å². The van der Waals surface area contributed by atoms with Gasteiger partial charge in [-0.3, -0.25) is 15.0 Å². The summed E-state index contributed by atoms with van der Waals surface area (Å²) in [4.78, 5) is 37.3. The molecule has 1 aromatic heterocycles. The highest BCUT2D eigenvalue weighted by Crippen LogP contribution is 2.33. The average Bonchev–Trinajstić information content (AvgIpc) is 3.23. The molecule has 140 valence electrons. The van der Waals surface area contributed by atoms with Crippen molar-refractivity contribution < 1.29 is 18.9 Å². The fraction of sp³-hybridized carbons (Fsp3) is 0.333. The Morgan fingerprint density at radius 2 is 1.89 bits per heavy atom. The summed E-state index contributed by atoms with van der Waals surface area (Å²) in [5, 5.41) is 7.77. The molecule has 0 radical (unpaired) electrons. The van der Waals surface area contributed by atoms with Gasteiger partial charge in [0.05, 0.1) is 0 Å². The summed E-state index contributed by atoms with van der Waals surface area (Å²) in [5.74, 6) is -0.755. The maximum absolute atomic E-state index is 12.7. The Labute approximate surface area is 159 Å². The zero-order valence-electron chi connectivity index (χ0n) is 14.3. The fourth-order valence-electron chi connectivity index (χ4n) is 3.51. The second-order valence-corrected chi connectivity index (χ2v) is 7.17. The Balaban J connectivity index is 1.49. The largest absolute Gasteiger partial charge is 0.355 e. The lowest BCUT2D eigenvalue weighted by molar-refractivity contribution is -0.134. The SMILES string of the molecule is O=C(NN1C(=O)NC2(CCCCC2)C1=O)c1cc(-c2ccc(Cl)cc2)on1. The first-order valence-electron chi connectivity index (χ1n) is 8.69. The van der Waals surface area contributed by atoms with E-state index in [1.54, 1.807) is 24.3 Å². The first-order chi connectivity index (χ1) is 13.0. The lowest BCUT2D eigenvalue weighted by Gasteiger charge is -2.30. The van der Waals surface area contributed by atoms with Crippen LogP contribution in [0.1, 0.15) is 42.6 Å². The van der Waals surface area contributed by atoms with Gasteiger partial charge in [-0.25, -0.2) is 4.79 Å². The van der Waals surface area contributed by atoms with Crippen molar-refractivity contribution in [2.24, 2.45) is 0 Å². The molecular formula is C18H17ClN4O4. The van der Waals surface area contributed by atoms with Gasteiger partial charge in [0.25, 0.3) is 11.8 Å². The lowest BCUT2D eigenvalue weighted by atomic mass is 9.82. The molecule has 1 saturated heterocycles. The summed E-state index contributed by atoms with van der Waals surface area (Å²) < 4.78 is 5.18. The summed E-state index contributed by atoms with van der Waals surface area (Å²) in [5.41, 5.74) is 2.09. The van der Waals surface area contributed by atoms with Crippen LogP contribution in [-0.2, 0) is 4.79 Å². The zero-order chi connectivity index (χ0) is 19.0. The number of urea groups is 1. The highest BCUT2D eigenvalue weighted by Gasteiger charge is 2.52. The topological polar surface area (TPSA) is 105 Å². The van der Waals surface area contributed by atoms with Gasteiger partial charge in [-0.05, 0) is 37.1 Å². The number of halogens is 1. The quantitative estimate of drug-likeness (QED) is 0.786. The molecule has 1 saturated carbocycles. The molecule has 8 nitrogen and oxygen atoms in total. The van der Waals surface area contributed by atoms with Crippen molar-refractivity contribution in [1.29, 1.82) is 0 Å². The lowest BCUT2D eigenvalue weighted by Crippen LogP contribution is -2.51. The standard InChI is InChI=1S/C18H17ClN4O4/c19-12-6-4-11(5-7-12)14-10-13(22-27-14)15(24)21-23-16(25)18(20-17(23)26)8-2-1-3-9-18/h4-7,10H,1-3,8-9H2,(H,20,26)(H,21,24). The van der Waals surface area contributed by atoms with Gasteiger partial charge in [0.15, 0.2) is 11.5 Å². The van der Waals surface area contributed by atoms with Crippen LogP contribution in [0.25, 0.3) is 11.3 Å². The number of benzene rings is 1. The molecule has 1 aliphatic carbocycles. The molecule has 0 atom stereocenters. The maximum atomic E-state index is 12.7. The first-order valence-corrected chi connectivity index (χ1v) is 9.07. The van der Waals surface area contributed by atoms with Crippen LogP contribution in [0, 0.1) is 0 Å². The van der Waals surface area contributed by atoms with Crippen molar-refractivity contribution in [3.63, 3.8) is 0 Å². The predicted molar refractivity (Wildman–Crippen MR) is 95.6 cm³/mol. The third-order valence-electron chi connectivity index (χ3n) is 4.95. The van der Waals surface area contributed by atoms with Crippen molar-refractivity contribution in [3.05, 3.63) is 41.0 Å². The predicted octanol–water partition coefficient (Wildman–Crippen LogP) is 2.89. The van der Waals surface area contributed by atoms with E-state index in [0.717, 1.165) is 24.3 Å². The highest BCUT2D eigenvalue weighted by molar-refractivity contribution is 6.30. The maximum Gasteiger partial charge on any atom is 0.344 e. The molecule has 1 aliphatic heterocycles. The van der Waals surface area contributed by atoms with E-state index in [1.807, 2.05) is 0 Å². The van der Waals surface area contributed by atoms with Crippen molar-refractivity contribution in [3.8, 4) is 11.3 Å². The number of aromatic nitrogens is 1. The number of hydrazine groups is 1. The molecule has 9 heteroatoms. The third kappa shape index (κ3) is 3.16. The van der Waals surface area contributed by atoms with Gasteiger partial charge in [0.1, 0.15) is 5.54 Å². The van der Waals surface area contributed by atoms with E-state index < -0.39 is 23.4 Å². The monoisotopic (exact) mass is 388 g/mol. The Kier molecular flexibility index (Phi) is 4.35. The molecule has 2 aromatic rings. The number of nitrogens with one attached hydrogen (secondary N) is 2. The molecule has 27 heavy (non-hydrogen) atoms. The number of amides is 4. The fourth-order valence-corrected chi connectivity index (χ4v) is 3.63. The molecule has 4 amide bonds. The van der Waals surface area contributed by atoms with E-state index >= 15 is 0 Å². The summed E-state index contributed by atoms with van der Waals surface area (Å²) in [6.45, 7) is 0. The van der Waals surface area contributed by atoms with E-state index in [4.69, 9.17) is 16.1 Å². The van der Waals surface area contributed by atoms with E-state index in [0.29, 0.717) is 29.2 Å². The van der Waals surface area contributed by atoms with Crippen molar-refractivity contribution in [1.82, 2.24) is 20.9 Å². The second kappa shape index (κ2) is 6.70. The number of nitrogens with zero attached hydrogens (tertiary/aromatic N) is 2. The molecule has 1 aromatic carbocycles.